The zero-order chi connectivity index (χ0) is 14.7. The van der Waals surface area contributed by atoms with Gasteiger partial charge >= 0.3 is 5.69 Å². The third-order valence-corrected chi connectivity index (χ3v) is 2.70. The van der Waals surface area contributed by atoms with Crippen molar-refractivity contribution in [3.63, 3.8) is 0 Å². The Hall–Kier alpha value is -2.16. The van der Waals surface area contributed by atoms with Crippen molar-refractivity contribution in [2.45, 2.75) is 0 Å². The lowest BCUT2D eigenvalue weighted by Crippen LogP contribution is -2.12. The van der Waals surface area contributed by atoms with E-state index < -0.39 is 4.92 Å². The lowest BCUT2D eigenvalue weighted by molar-refractivity contribution is -0.383. The second-order valence-electron chi connectivity index (χ2n) is 3.60. The summed E-state index contributed by atoms with van der Waals surface area (Å²) in [5, 5.41) is 14.6. The van der Waals surface area contributed by atoms with Crippen molar-refractivity contribution in [3.05, 3.63) is 44.7 Å². The maximum atomic E-state index is 11.1. The fourth-order valence-corrected chi connectivity index (χ4v) is 2.04. The fraction of sp³-hybridized carbons (Fsp3) is 0. The highest BCUT2D eigenvalue weighted by atomic mass is 35.5. The molecule has 0 unspecified atom stereocenters. The number of nitrogen functional groups attached to an aromatic ring is 1. The van der Waals surface area contributed by atoms with Crippen LogP contribution < -0.4 is 16.6 Å². The number of hydrogen-bond acceptors (Lipinski definition) is 7. The van der Waals surface area contributed by atoms with Crippen LogP contribution in [0.15, 0.2) is 24.5 Å². The van der Waals surface area contributed by atoms with Crippen molar-refractivity contribution < 1.29 is 4.92 Å². The molecule has 8 nitrogen and oxygen atoms in total. The van der Waals surface area contributed by atoms with Crippen molar-refractivity contribution >= 4 is 46.2 Å². The van der Waals surface area contributed by atoms with Crippen LogP contribution in [0.4, 0.5) is 23.0 Å². The monoisotopic (exact) mass is 314 g/mol. The Bertz CT molecular complexity index is 646. The van der Waals surface area contributed by atoms with Gasteiger partial charge in [0.15, 0.2) is 0 Å². The summed E-state index contributed by atoms with van der Waals surface area (Å²) in [4.78, 5) is 17.9. The number of rotatable bonds is 4. The first kappa shape index (κ1) is 14.3. The molecule has 0 radical (unpaired) electrons. The molecule has 1 aromatic heterocycles. The van der Waals surface area contributed by atoms with Gasteiger partial charge in [-0.1, -0.05) is 23.2 Å². The van der Waals surface area contributed by atoms with E-state index in [4.69, 9.17) is 29.0 Å². The van der Waals surface area contributed by atoms with Gasteiger partial charge in [-0.25, -0.2) is 15.8 Å². The first-order valence-electron chi connectivity index (χ1n) is 5.20. The van der Waals surface area contributed by atoms with Gasteiger partial charge < -0.3 is 10.7 Å². The van der Waals surface area contributed by atoms with E-state index in [0.29, 0.717) is 15.7 Å². The van der Waals surface area contributed by atoms with Crippen LogP contribution in [0.5, 0.6) is 0 Å². The van der Waals surface area contributed by atoms with Gasteiger partial charge in [-0.3, -0.25) is 10.1 Å². The standard InChI is InChI=1S/C10H8Cl2N6O2/c11-5-1-6(12)3-7(2-5)16-9-8(18(19)20)10(17-13)15-4-14-9/h1-4H,13H2,(H2,14,15,16,17). The van der Waals surface area contributed by atoms with E-state index >= 15 is 0 Å². The SMILES string of the molecule is NNc1ncnc(Nc2cc(Cl)cc(Cl)c2)c1[N+](=O)[O-]. The molecule has 0 saturated heterocycles. The van der Waals surface area contributed by atoms with Crippen molar-refractivity contribution in [1.82, 2.24) is 9.97 Å². The van der Waals surface area contributed by atoms with Gasteiger partial charge in [0.1, 0.15) is 6.33 Å². The third-order valence-electron chi connectivity index (χ3n) is 2.27. The number of anilines is 3. The van der Waals surface area contributed by atoms with Crippen LogP contribution in [-0.2, 0) is 0 Å². The predicted octanol–water partition coefficient (Wildman–Crippen LogP) is 2.72. The highest BCUT2D eigenvalue weighted by Crippen LogP contribution is 2.32. The Labute approximate surface area is 123 Å². The second kappa shape index (κ2) is 5.87. The Balaban J connectivity index is 2.45. The van der Waals surface area contributed by atoms with Gasteiger partial charge in [-0.05, 0) is 18.2 Å². The summed E-state index contributed by atoms with van der Waals surface area (Å²) in [5.41, 5.74) is 2.21. The molecule has 1 heterocycles. The molecule has 20 heavy (non-hydrogen) atoms. The van der Waals surface area contributed by atoms with E-state index in [1.54, 1.807) is 12.1 Å². The number of nitrogens with zero attached hydrogens (tertiary/aromatic N) is 3. The van der Waals surface area contributed by atoms with Crippen molar-refractivity contribution in [2.75, 3.05) is 10.7 Å². The molecule has 0 aliphatic rings. The molecule has 0 aliphatic heterocycles. The summed E-state index contributed by atoms with van der Waals surface area (Å²) in [6.45, 7) is 0. The molecule has 0 bridgehead atoms. The molecule has 0 fully saturated rings. The average molecular weight is 315 g/mol. The van der Waals surface area contributed by atoms with E-state index in [-0.39, 0.29) is 17.3 Å². The lowest BCUT2D eigenvalue weighted by atomic mass is 10.3. The first-order valence-corrected chi connectivity index (χ1v) is 5.96. The molecule has 0 spiro atoms. The molecule has 0 amide bonds. The minimum atomic E-state index is -0.649. The van der Waals surface area contributed by atoms with E-state index in [9.17, 15) is 10.1 Å². The summed E-state index contributed by atoms with van der Waals surface area (Å²) < 4.78 is 0. The number of nitrogens with two attached hydrogens (primary N) is 1. The number of aromatic nitrogens is 2. The normalized spacial score (nSPS) is 10.2. The Kier molecular flexibility index (Phi) is 4.18. The van der Waals surface area contributed by atoms with E-state index in [1.165, 1.54) is 6.07 Å². The molecule has 1 aromatic carbocycles. The smallest absolute Gasteiger partial charge is 0.334 e. The van der Waals surface area contributed by atoms with Crippen LogP contribution in [0.3, 0.4) is 0 Å². The van der Waals surface area contributed by atoms with Gasteiger partial charge in [0.2, 0.25) is 11.6 Å². The zero-order valence-electron chi connectivity index (χ0n) is 9.80. The van der Waals surface area contributed by atoms with Crippen LogP contribution in [0.1, 0.15) is 0 Å². The summed E-state index contributed by atoms with van der Waals surface area (Å²) in [7, 11) is 0. The molecular formula is C10H8Cl2N6O2. The van der Waals surface area contributed by atoms with Crippen molar-refractivity contribution in [3.8, 4) is 0 Å². The van der Waals surface area contributed by atoms with E-state index in [1.807, 2.05) is 0 Å². The first-order chi connectivity index (χ1) is 9.51. The highest BCUT2D eigenvalue weighted by Gasteiger charge is 2.22. The Morgan fingerprint density at radius 2 is 1.75 bits per heavy atom. The van der Waals surface area contributed by atoms with Gasteiger partial charge in [0.05, 0.1) is 4.92 Å². The third kappa shape index (κ3) is 3.05. The zero-order valence-corrected chi connectivity index (χ0v) is 11.3. The summed E-state index contributed by atoms with van der Waals surface area (Å²) in [6, 6.07) is 4.64. The van der Waals surface area contributed by atoms with Crippen LogP contribution >= 0.6 is 23.2 Å². The number of nitrogens with one attached hydrogen (secondary N) is 2. The molecule has 2 aromatic rings. The number of benzene rings is 1. The van der Waals surface area contributed by atoms with E-state index in [0.717, 1.165) is 6.33 Å². The molecule has 2 rings (SSSR count). The molecule has 0 saturated carbocycles. The second-order valence-corrected chi connectivity index (χ2v) is 4.48. The number of hydrazine groups is 1. The Morgan fingerprint density at radius 1 is 1.15 bits per heavy atom. The topological polar surface area (TPSA) is 119 Å². The molecular weight excluding hydrogens is 307 g/mol. The summed E-state index contributed by atoms with van der Waals surface area (Å²) in [5.74, 6) is 5.04. The van der Waals surface area contributed by atoms with Crippen molar-refractivity contribution in [2.24, 2.45) is 5.84 Å². The minimum Gasteiger partial charge on any atom is -0.334 e. The molecule has 10 heteroatoms. The Morgan fingerprint density at radius 3 is 2.30 bits per heavy atom. The maximum absolute atomic E-state index is 11.1. The van der Waals surface area contributed by atoms with E-state index in [2.05, 4.69) is 20.7 Å². The van der Waals surface area contributed by atoms with Crippen LogP contribution in [0.25, 0.3) is 0 Å². The lowest BCUT2D eigenvalue weighted by Gasteiger charge is -2.08. The number of hydrogen-bond donors (Lipinski definition) is 3. The van der Waals surface area contributed by atoms with Crippen LogP contribution in [-0.4, -0.2) is 14.9 Å². The predicted molar refractivity (Wildman–Crippen MR) is 76.2 cm³/mol. The molecule has 4 N–H and O–H groups in total. The number of halogens is 2. The van der Waals surface area contributed by atoms with Gasteiger partial charge in [-0.2, -0.15) is 0 Å². The van der Waals surface area contributed by atoms with Gasteiger partial charge in [0, 0.05) is 15.7 Å². The quantitative estimate of drug-likeness (QED) is 0.451. The van der Waals surface area contributed by atoms with Crippen molar-refractivity contribution in [1.29, 1.82) is 0 Å². The van der Waals surface area contributed by atoms with Crippen LogP contribution in [0, 0.1) is 10.1 Å². The van der Waals surface area contributed by atoms with Gasteiger partial charge in [-0.15, -0.1) is 0 Å². The largest absolute Gasteiger partial charge is 0.354 e. The maximum Gasteiger partial charge on any atom is 0.354 e. The molecule has 0 atom stereocenters. The highest BCUT2D eigenvalue weighted by molar-refractivity contribution is 6.35. The average Bonchev–Trinajstić information content (AvgIpc) is 2.36. The molecule has 104 valence electrons. The molecule has 0 aliphatic carbocycles. The summed E-state index contributed by atoms with van der Waals surface area (Å²) >= 11 is 11.7. The fourth-order valence-electron chi connectivity index (χ4n) is 1.51. The summed E-state index contributed by atoms with van der Waals surface area (Å²) in [6.07, 6.45) is 1.14. The van der Waals surface area contributed by atoms with Gasteiger partial charge in [0.25, 0.3) is 0 Å². The number of nitro groups is 1. The van der Waals surface area contributed by atoms with Crippen LogP contribution in [0.2, 0.25) is 10.0 Å². The minimum absolute atomic E-state index is 0.0312.